The standard InChI is InChI=1S/C34H50N4O6/c1-33(2,3)43-28-15-13-27(14-16-28)25-29(30(39)35(7)18-17-26-11-9-8-10-12-26)38(31(40)41)24-21-36-19-22-37(23-20-36)32(42)44-34(4,5)6/h8-16,29H,17-25H2,1-7H3,(H,40,41). The molecule has 10 nitrogen and oxygen atoms in total. The lowest BCUT2D eigenvalue weighted by Crippen LogP contribution is -2.55. The first-order valence-corrected chi connectivity index (χ1v) is 15.4. The number of hydrogen-bond acceptors (Lipinski definition) is 6. The van der Waals surface area contributed by atoms with E-state index in [2.05, 4.69) is 4.90 Å². The van der Waals surface area contributed by atoms with Gasteiger partial charge < -0.3 is 24.4 Å². The number of carbonyl (C=O) groups excluding carboxylic acids is 2. The molecule has 0 aromatic heterocycles. The molecular weight excluding hydrogens is 560 g/mol. The molecule has 1 unspecified atom stereocenters. The van der Waals surface area contributed by atoms with Crippen molar-refractivity contribution in [3.63, 3.8) is 0 Å². The largest absolute Gasteiger partial charge is 0.488 e. The van der Waals surface area contributed by atoms with E-state index in [9.17, 15) is 19.5 Å². The number of amides is 3. The Hall–Kier alpha value is -3.79. The highest BCUT2D eigenvalue weighted by Crippen LogP contribution is 2.21. The molecule has 1 aliphatic rings. The minimum Gasteiger partial charge on any atom is -0.488 e. The van der Waals surface area contributed by atoms with Crippen molar-refractivity contribution in [2.24, 2.45) is 0 Å². The number of hydrogen-bond donors (Lipinski definition) is 1. The summed E-state index contributed by atoms with van der Waals surface area (Å²) in [5.41, 5.74) is 1.04. The van der Waals surface area contributed by atoms with E-state index in [-0.39, 0.29) is 30.6 Å². The Bertz CT molecular complexity index is 1220. The molecule has 0 radical (unpaired) electrons. The first-order valence-electron chi connectivity index (χ1n) is 15.4. The van der Waals surface area contributed by atoms with Crippen LogP contribution in [0.15, 0.2) is 54.6 Å². The van der Waals surface area contributed by atoms with E-state index in [1.807, 2.05) is 96.1 Å². The van der Waals surface area contributed by atoms with Crippen molar-refractivity contribution in [1.29, 1.82) is 0 Å². The highest BCUT2D eigenvalue weighted by atomic mass is 16.6. The van der Waals surface area contributed by atoms with Gasteiger partial charge in [-0.1, -0.05) is 42.5 Å². The van der Waals surface area contributed by atoms with Crippen LogP contribution in [0.4, 0.5) is 9.59 Å². The van der Waals surface area contributed by atoms with Crippen LogP contribution in [-0.2, 0) is 22.4 Å². The monoisotopic (exact) mass is 610 g/mol. The first-order chi connectivity index (χ1) is 20.6. The Kier molecular flexibility index (Phi) is 12.0. The average molecular weight is 611 g/mol. The second kappa shape index (κ2) is 15.3. The van der Waals surface area contributed by atoms with E-state index < -0.39 is 17.7 Å². The minimum atomic E-state index is -1.14. The van der Waals surface area contributed by atoms with Crippen LogP contribution >= 0.6 is 0 Å². The maximum absolute atomic E-state index is 13.9. The van der Waals surface area contributed by atoms with Gasteiger partial charge in [0, 0.05) is 59.3 Å². The van der Waals surface area contributed by atoms with Crippen LogP contribution in [0, 0.1) is 0 Å². The Morgan fingerprint density at radius 2 is 1.45 bits per heavy atom. The number of nitrogens with zero attached hydrogens (tertiary/aromatic N) is 4. The second-order valence-electron chi connectivity index (χ2n) is 13.4. The number of ether oxygens (including phenoxy) is 2. The van der Waals surface area contributed by atoms with Gasteiger partial charge in [-0.15, -0.1) is 0 Å². The summed E-state index contributed by atoms with van der Waals surface area (Å²) in [4.78, 5) is 45.7. The van der Waals surface area contributed by atoms with Gasteiger partial charge in [0.05, 0.1) is 0 Å². The maximum Gasteiger partial charge on any atom is 0.410 e. The van der Waals surface area contributed by atoms with E-state index in [1.54, 1.807) is 16.8 Å². The second-order valence-corrected chi connectivity index (χ2v) is 13.4. The number of carboxylic acid groups (broad SMARTS) is 1. The summed E-state index contributed by atoms with van der Waals surface area (Å²) in [6.07, 6.45) is -0.570. The molecule has 242 valence electrons. The number of rotatable bonds is 11. The van der Waals surface area contributed by atoms with E-state index >= 15 is 0 Å². The molecule has 0 spiro atoms. The van der Waals surface area contributed by atoms with Crippen LogP contribution in [0.2, 0.25) is 0 Å². The fourth-order valence-electron chi connectivity index (χ4n) is 5.02. The third-order valence-corrected chi connectivity index (χ3v) is 7.32. The van der Waals surface area contributed by atoms with E-state index in [1.165, 1.54) is 4.90 Å². The molecule has 3 rings (SSSR count). The fraction of sp³-hybridized carbons (Fsp3) is 0.559. The molecule has 10 heteroatoms. The number of likely N-dealkylation sites (N-methyl/N-ethyl adjacent to an activating group) is 1. The Balaban J connectivity index is 1.71. The summed E-state index contributed by atoms with van der Waals surface area (Å²) >= 11 is 0. The topological polar surface area (TPSA) is 103 Å². The molecule has 2 aromatic rings. The summed E-state index contributed by atoms with van der Waals surface area (Å²) in [6.45, 7) is 14.7. The smallest absolute Gasteiger partial charge is 0.410 e. The van der Waals surface area contributed by atoms with Crippen molar-refractivity contribution in [3.05, 3.63) is 65.7 Å². The average Bonchev–Trinajstić information content (AvgIpc) is 2.95. The Labute approximate surface area is 262 Å². The molecule has 1 saturated heterocycles. The molecular formula is C34H50N4O6. The van der Waals surface area contributed by atoms with E-state index in [0.29, 0.717) is 51.4 Å². The van der Waals surface area contributed by atoms with Gasteiger partial charge in [-0.05, 0) is 71.2 Å². The highest BCUT2D eigenvalue weighted by molar-refractivity contribution is 5.85. The van der Waals surface area contributed by atoms with E-state index in [4.69, 9.17) is 9.47 Å². The lowest BCUT2D eigenvalue weighted by Gasteiger charge is -2.37. The molecule has 1 atom stereocenters. The van der Waals surface area contributed by atoms with Crippen molar-refractivity contribution in [2.45, 2.75) is 71.6 Å². The van der Waals surface area contributed by atoms with E-state index in [0.717, 1.165) is 11.1 Å². The number of benzene rings is 2. The molecule has 2 aromatic carbocycles. The van der Waals surface area contributed by atoms with Crippen LogP contribution in [0.25, 0.3) is 0 Å². The zero-order valence-corrected chi connectivity index (χ0v) is 27.4. The van der Waals surface area contributed by atoms with Crippen molar-refractivity contribution in [3.8, 4) is 5.75 Å². The zero-order chi connectivity index (χ0) is 32.5. The van der Waals surface area contributed by atoms with Crippen LogP contribution in [0.5, 0.6) is 5.75 Å². The fourth-order valence-corrected chi connectivity index (χ4v) is 5.02. The molecule has 0 aliphatic carbocycles. The minimum absolute atomic E-state index is 0.163. The molecule has 44 heavy (non-hydrogen) atoms. The molecule has 1 aliphatic heterocycles. The van der Waals surface area contributed by atoms with Crippen molar-refractivity contribution in [1.82, 2.24) is 19.6 Å². The SMILES string of the molecule is CN(CCc1ccccc1)C(=O)C(Cc1ccc(OC(C)(C)C)cc1)N(CCN1CCN(C(=O)OC(C)(C)C)CC1)C(=O)O. The lowest BCUT2D eigenvalue weighted by atomic mass is 10.0. The third-order valence-electron chi connectivity index (χ3n) is 7.32. The molecule has 0 bridgehead atoms. The highest BCUT2D eigenvalue weighted by Gasteiger charge is 2.33. The molecule has 0 saturated carbocycles. The quantitative estimate of drug-likeness (QED) is 0.382. The summed E-state index contributed by atoms with van der Waals surface area (Å²) < 4.78 is 11.4. The molecule has 1 N–H and O–H groups in total. The summed E-state index contributed by atoms with van der Waals surface area (Å²) in [7, 11) is 1.73. The van der Waals surface area contributed by atoms with Gasteiger partial charge in [-0.2, -0.15) is 0 Å². The van der Waals surface area contributed by atoms with Crippen molar-refractivity contribution < 1.29 is 29.0 Å². The Morgan fingerprint density at radius 1 is 0.841 bits per heavy atom. The zero-order valence-electron chi connectivity index (χ0n) is 27.4. The first kappa shape index (κ1) is 34.7. The molecule has 1 fully saturated rings. The lowest BCUT2D eigenvalue weighted by molar-refractivity contribution is -0.135. The number of carbonyl (C=O) groups is 3. The maximum atomic E-state index is 13.9. The van der Waals surface area contributed by atoms with Gasteiger partial charge in [0.25, 0.3) is 0 Å². The van der Waals surface area contributed by atoms with Crippen molar-refractivity contribution >= 4 is 18.1 Å². The third kappa shape index (κ3) is 11.4. The predicted molar refractivity (Wildman–Crippen MR) is 171 cm³/mol. The van der Waals surface area contributed by atoms with Gasteiger partial charge in [0.15, 0.2) is 0 Å². The summed E-state index contributed by atoms with van der Waals surface area (Å²) in [5, 5.41) is 10.3. The van der Waals surface area contributed by atoms with Gasteiger partial charge in [0.2, 0.25) is 5.91 Å². The van der Waals surface area contributed by atoms with Gasteiger partial charge in [-0.3, -0.25) is 14.6 Å². The molecule has 1 heterocycles. The normalized spacial score (nSPS) is 14.9. The summed E-state index contributed by atoms with van der Waals surface area (Å²) in [6, 6.07) is 16.5. The predicted octanol–water partition coefficient (Wildman–Crippen LogP) is 5.01. The Morgan fingerprint density at radius 3 is 2.00 bits per heavy atom. The van der Waals surface area contributed by atoms with Gasteiger partial charge in [0.1, 0.15) is 23.0 Å². The number of piperazine rings is 1. The van der Waals surface area contributed by atoms with Crippen LogP contribution < -0.4 is 4.74 Å². The van der Waals surface area contributed by atoms with Gasteiger partial charge in [-0.25, -0.2) is 9.59 Å². The van der Waals surface area contributed by atoms with Crippen LogP contribution in [-0.4, -0.2) is 113 Å². The summed E-state index contributed by atoms with van der Waals surface area (Å²) in [5.74, 6) is 0.470. The molecule has 3 amide bonds. The van der Waals surface area contributed by atoms with Crippen LogP contribution in [0.3, 0.4) is 0 Å². The van der Waals surface area contributed by atoms with Crippen LogP contribution in [0.1, 0.15) is 52.7 Å². The van der Waals surface area contributed by atoms with Crippen molar-refractivity contribution in [2.75, 3.05) is 52.9 Å². The van der Waals surface area contributed by atoms with Gasteiger partial charge >= 0.3 is 12.2 Å².